The zero-order valence-corrected chi connectivity index (χ0v) is 18.8. The van der Waals surface area contributed by atoms with Gasteiger partial charge in [0.15, 0.2) is 0 Å². The Kier molecular flexibility index (Phi) is 6.39. The van der Waals surface area contributed by atoms with Crippen LogP contribution in [0.1, 0.15) is 60.6 Å². The lowest BCUT2D eigenvalue weighted by molar-refractivity contribution is 0.329. The number of nitrogens with zero attached hydrogens (tertiary/aromatic N) is 4. The summed E-state index contributed by atoms with van der Waals surface area (Å²) in [5.74, 6) is 2.23. The summed E-state index contributed by atoms with van der Waals surface area (Å²) in [6, 6.07) is 4.24. The van der Waals surface area contributed by atoms with Crippen molar-refractivity contribution >= 4 is 23.7 Å². The maximum absolute atomic E-state index is 7.90. The van der Waals surface area contributed by atoms with Gasteiger partial charge in [0.2, 0.25) is 5.95 Å². The first-order valence-corrected chi connectivity index (χ1v) is 10.4. The highest BCUT2D eigenvalue weighted by Crippen LogP contribution is 2.35. The molecule has 1 aromatic carbocycles. The highest BCUT2D eigenvalue weighted by molar-refractivity contribution is 6.01. The smallest absolute Gasteiger partial charge is 0.222 e. The molecule has 0 aliphatic carbocycles. The van der Waals surface area contributed by atoms with Gasteiger partial charge in [0.25, 0.3) is 0 Å². The predicted octanol–water partition coefficient (Wildman–Crippen LogP) is 4.02. The first kappa shape index (κ1) is 21.7. The van der Waals surface area contributed by atoms with Gasteiger partial charge < -0.3 is 20.8 Å². The predicted molar refractivity (Wildman–Crippen MR) is 124 cm³/mol. The van der Waals surface area contributed by atoms with E-state index >= 15 is 0 Å². The van der Waals surface area contributed by atoms with E-state index in [2.05, 4.69) is 52.8 Å². The Hall–Kier alpha value is -2.96. The molecule has 160 valence electrons. The molecule has 7 heteroatoms. The van der Waals surface area contributed by atoms with Crippen LogP contribution in [0.25, 0.3) is 0 Å². The summed E-state index contributed by atoms with van der Waals surface area (Å²) in [4.78, 5) is 15.5. The topological polar surface area (TPSA) is 100 Å². The van der Waals surface area contributed by atoms with Gasteiger partial charge in [-0.15, -0.1) is 0 Å². The number of hydrogen-bond donors (Lipinski definition) is 2. The lowest BCUT2D eigenvalue weighted by Crippen LogP contribution is -2.28. The van der Waals surface area contributed by atoms with E-state index in [0.29, 0.717) is 25.6 Å². The van der Waals surface area contributed by atoms with E-state index in [9.17, 15) is 0 Å². The van der Waals surface area contributed by atoms with Gasteiger partial charge in [0.1, 0.15) is 18.2 Å². The Morgan fingerprint density at radius 3 is 2.67 bits per heavy atom. The van der Waals surface area contributed by atoms with Crippen LogP contribution in [0.2, 0.25) is 0 Å². The second-order valence-electron chi connectivity index (χ2n) is 8.16. The fourth-order valence-corrected chi connectivity index (χ4v) is 4.21. The summed E-state index contributed by atoms with van der Waals surface area (Å²) >= 11 is 0. The number of aryl methyl sites for hydroxylation is 2. The second kappa shape index (κ2) is 8.81. The van der Waals surface area contributed by atoms with E-state index in [4.69, 9.17) is 15.9 Å². The van der Waals surface area contributed by atoms with Crippen molar-refractivity contribution in [3.8, 4) is 5.75 Å². The van der Waals surface area contributed by atoms with Crippen LogP contribution in [0.5, 0.6) is 5.75 Å². The molecular weight excluding hydrogens is 376 g/mol. The fraction of sp³-hybridized carbons (Fsp3) is 0.478. The minimum absolute atomic E-state index is 0.140. The molecule has 0 saturated carbocycles. The molecule has 3 rings (SSSR count). The number of aliphatic imine (C=N–C) groups is 1. The minimum atomic E-state index is -0.140. The van der Waals surface area contributed by atoms with Crippen LogP contribution in [0, 0.1) is 19.3 Å². The van der Waals surface area contributed by atoms with Crippen molar-refractivity contribution < 1.29 is 4.74 Å². The third kappa shape index (κ3) is 4.15. The monoisotopic (exact) mass is 408 g/mol. The lowest BCUT2D eigenvalue weighted by atomic mass is 9.92. The van der Waals surface area contributed by atoms with Crippen LogP contribution < -0.4 is 15.4 Å². The third-order valence-corrected chi connectivity index (χ3v) is 5.68. The molecule has 0 spiro atoms. The summed E-state index contributed by atoms with van der Waals surface area (Å²) in [5, 5.41) is 7.90. The van der Waals surface area contributed by atoms with Crippen LogP contribution in [0.4, 0.5) is 11.8 Å². The van der Waals surface area contributed by atoms with Crippen molar-refractivity contribution in [2.45, 2.75) is 53.0 Å². The molecule has 0 radical (unpaired) electrons. The summed E-state index contributed by atoms with van der Waals surface area (Å²) in [6.07, 6.45) is 1.45. The van der Waals surface area contributed by atoms with Crippen molar-refractivity contribution in [1.29, 1.82) is 5.41 Å². The molecule has 1 aliphatic heterocycles. The molecule has 30 heavy (non-hydrogen) atoms. The number of ether oxygens (including phenoxy) is 1. The average Bonchev–Trinajstić information content (AvgIpc) is 2.90. The van der Waals surface area contributed by atoms with E-state index in [0.717, 1.165) is 45.2 Å². The number of aromatic nitrogens is 2. The quantitative estimate of drug-likeness (QED) is 0.728. The number of nitrogens with one attached hydrogen (secondary N) is 1. The molecule has 1 aromatic heterocycles. The maximum Gasteiger partial charge on any atom is 0.222 e. The maximum atomic E-state index is 7.90. The van der Waals surface area contributed by atoms with Crippen molar-refractivity contribution in [2.24, 2.45) is 4.99 Å². The molecule has 1 atom stereocenters. The molecular formula is C23H32N6O. The molecule has 1 unspecified atom stereocenters. The zero-order valence-electron chi connectivity index (χ0n) is 18.8. The number of nitrogen functional groups attached to an aromatic ring is 1. The third-order valence-electron chi connectivity index (χ3n) is 5.68. The number of rotatable bonds is 5. The molecule has 3 N–H and O–H groups in total. The summed E-state index contributed by atoms with van der Waals surface area (Å²) in [6.45, 7) is 12.2. The van der Waals surface area contributed by atoms with Gasteiger partial charge in [-0.25, -0.2) is 4.98 Å². The van der Waals surface area contributed by atoms with Crippen LogP contribution in [0.15, 0.2) is 17.1 Å². The van der Waals surface area contributed by atoms with Crippen molar-refractivity contribution in [3.05, 3.63) is 40.1 Å². The van der Waals surface area contributed by atoms with Gasteiger partial charge in [-0.3, -0.25) is 4.99 Å². The molecule has 0 bridgehead atoms. The van der Waals surface area contributed by atoms with Crippen LogP contribution >= 0.6 is 0 Å². The molecule has 1 aliphatic rings. The largest absolute Gasteiger partial charge is 0.491 e. The molecule has 2 heterocycles. The lowest BCUT2D eigenvalue weighted by Gasteiger charge is -2.26. The first-order chi connectivity index (χ1) is 14.3. The molecule has 2 aromatic rings. The molecule has 7 nitrogen and oxygen atoms in total. The van der Waals surface area contributed by atoms with E-state index in [-0.39, 0.29) is 11.8 Å². The molecule has 0 fully saturated rings. The van der Waals surface area contributed by atoms with Gasteiger partial charge in [-0.2, -0.15) is 4.98 Å². The first-order valence-electron chi connectivity index (χ1n) is 10.4. The van der Waals surface area contributed by atoms with Gasteiger partial charge >= 0.3 is 0 Å². The standard InChI is InChI=1S/C23H32N6O/c1-13(2)20-16(5)27-23(25)28-22(20)29-7-8-30-21-14(3)9-17(10-18(21)12-29)19(11-24)15(4)26-6/h9-11,13,19,24H,7-8,12H2,1-6H3,(H2,25,27,28). The Bertz CT molecular complexity index is 982. The number of hydrogen-bond acceptors (Lipinski definition) is 7. The van der Waals surface area contributed by atoms with E-state index in [1.807, 2.05) is 13.8 Å². The van der Waals surface area contributed by atoms with Gasteiger partial charge in [-0.05, 0) is 43.9 Å². The average molecular weight is 409 g/mol. The van der Waals surface area contributed by atoms with Crippen molar-refractivity contribution in [2.75, 3.05) is 30.8 Å². The minimum Gasteiger partial charge on any atom is -0.491 e. The van der Waals surface area contributed by atoms with Crippen LogP contribution in [-0.2, 0) is 6.54 Å². The zero-order chi connectivity index (χ0) is 22.0. The van der Waals surface area contributed by atoms with E-state index in [1.165, 1.54) is 6.21 Å². The van der Waals surface area contributed by atoms with Gasteiger partial charge in [0.05, 0.1) is 12.5 Å². The summed E-state index contributed by atoms with van der Waals surface area (Å²) < 4.78 is 6.14. The number of fused-ring (bicyclic) bond motifs is 1. The molecule has 0 amide bonds. The second-order valence-corrected chi connectivity index (χ2v) is 8.16. The van der Waals surface area contributed by atoms with Crippen molar-refractivity contribution in [3.63, 3.8) is 0 Å². The number of nitrogens with two attached hydrogens (primary N) is 1. The Morgan fingerprint density at radius 2 is 2.03 bits per heavy atom. The van der Waals surface area contributed by atoms with Gasteiger partial charge in [-0.1, -0.05) is 19.9 Å². The van der Waals surface area contributed by atoms with Gasteiger partial charge in [0, 0.05) is 42.3 Å². The van der Waals surface area contributed by atoms with Crippen LogP contribution in [-0.4, -0.2) is 42.1 Å². The highest BCUT2D eigenvalue weighted by atomic mass is 16.5. The fourth-order valence-electron chi connectivity index (χ4n) is 4.21. The normalized spacial score (nSPS) is 15.4. The Balaban J connectivity index is 2.09. The Labute approximate surface area is 178 Å². The van der Waals surface area contributed by atoms with Crippen molar-refractivity contribution in [1.82, 2.24) is 9.97 Å². The summed E-state index contributed by atoms with van der Waals surface area (Å²) in [7, 11) is 1.77. The highest BCUT2D eigenvalue weighted by Gasteiger charge is 2.25. The Morgan fingerprint density at radius 1 is 1.30 bits per heavy atom. The van der Waals surface area contributed by atoms with Crippen LogP contribution in [0.3, 0.4) is 0 Å². The SMILES string of the molecule is CN=C(C)C(C=N)c1cc(C)c2c(c1)CN(c1nc(N)nc(C)c1C(C)C)CCO2. The summed E-state index contributed by atoms with van der Waals surface area (Å²) in [5.41, 5.74) is 12.2. The van der Waals surface area contributed by atoms with E-state index in [1.54, 1.807) is 7.05 Å². The van der Waals surface area contributed by atoms with E-state index < -0.39 is 0 Å². The number of benzene rings is 1. The number of anilines is 2. The molecule has 0 saturated heterocycles.